The number of ether oxygens (including phenoxy) is 6. The quantitative estimate of drug-likeness (QED) is 0.0570. The Morgan fingerprint density at radius 1 is 0.776 bits per heavy atom. The van der Waals surface area contributed by atoms with E-state index < -0.39 is 158 Å². The maximum absolute atomic E-state index is 13.7. The predicted molar refractivity (Wildman–Crippen MR) is 224 cm³/mol. The number of hydrogen-bond acceptors (Lipinski definition) is 20. The molecule has 0 amide bonds. The van der Waals surface area contributed by atoms with Crippen LogP contribution in [-0.4, -0.2) is 197 Å². The van der Waals surface area contributed by atoms with Crippen LogP contribution >= 0.6 is 0 Å². The molecule has 7 rings (SSSR count). The summed E-state index contributed by atoms with van der Waals surface area (Å²) in [4.78, 5) is 13.7. The molecule has 0 radical (unpaired) electrons. The minimum absolute atomic E-state index is 0. The summed E-state index contributed by atoms with van der Waals surface area (Å²) >= 11 is 0. The molecule has 3 aliphatic heterocycles. The number of allylic oxidation sites excluding steroid dienone is 2. The van der Waals surface area contributed by atoms with Crippen molar-refractivity contribution in [3.63, 3.8) is 0 Å². The number of rotatable bonds is 14. The maximum Gasteiger partial charge on any atom is 1.00 e. The number of fused-ring (bicyclic) bond motifs is 4. The molecule has 20 nitrogen and oxygen atoms in total. The van der Waals surface area contributed by atoms with Crippen molar-refractivity contribution in [2.45, 2.75) is 196 Å². The van der Waals surface area contributed by atoms with E-state index in [1.165, 1.54) is 0 Å². The molecule has 2 saturated carbocycles. The molecule has 0 spiro atoms. The second-order valence-electron chi connectivity index (χ2n) is 20.8. The van der Waals surface area contributed by atoms with Gasteiger partial charge in [-0.25, -0.2) is 0 Å². The molecule has 3 saturated heterocycles. The molecule has 5 fully saturated rings. The zero-order valence-electron chi connectivity index (χ0n) is 39.4. The van der Waals surface area contributed by atoms with Crippen molar-refractivity contribution in [1.82, 2.24) is 0 Å². The van der Waals surface area contributed by atoms with Gasteiger partial charge in [0.25, 0.3) is 0 Å². The first kappa shape index (κ1) is 55.5. The summed E-state index contributed by atoms with van der Waals surface area (Å²) in [6.45, 7) is 7.12. The normalized spacial score (nSPS) is 48.6. The summed E-state index contributed by atoms with van der Waals surface area (Å²) in [5.41, 5.74) is -1.95. The molecule has 4 aliphatic carbocycles. The van der Waals surface area contributed by atoms with E-state index in [2.05, 4.69) is 0 Å². The summed E-state index contributed by atoms with van der Waals surface area (Å²) in [6, 6.07) is 0. The molecule has 0 aromatic heterocycles. The molecule has 67 heavy (non-hydrogen) atoms. The third kappa shape index (κ3) is 9.44. The number of aliphatic hydroxyl groups is 12. The summed E-state index contributed by atoms with van der Waals surface area (Å²) in [7, 11) is 0. The van der Waals surface area contributed by atoms with Crippen LogP contribution in [-0.2, 0) is 33.2 Å². The van der Waals surface area contributed by atoms with Gasteiger partial charge in [-0.15, -0.1) is 0 Å². The zero-order valence-corrected chi connectivity index (χ0v) is 41.4. The van der Waals surface area contributed by atoms with Gasteiger partial charge in [0, 0.05) is 11.3 Å². The van der Waals surface area contributed by atoms with E-state index in [0.29, 0.717) is 44.9 Å². The second kappa shape index (κ2) is 21.4. The van der Waals surface area contributed by atoms with Crippen LogP contribution in [0.5, 0.6) is 0 Å². The van der Waals surface area contributed by atoms with Gasteiger partial charge in [-0.3, -0.25) is 0 Å². The van der Waals surface area contributed by atoms with Crippen LogP contribution in [0.3, 0.4) is 0 Å². The van der Waals surface area contributed by atoms with Crippen LogP contribution in [0.1, 0.15) is 92.4 Å². The fraction of sp³-hybridized carbons (Fsp3) is 0.891. The molecule has 0 unspecified atom stereocenters. The smallest absolute Gasteiger partial charge is 0.549 e. The molecule has 23 atom stereocenters. The Morgan fingerprint density at radius 3 is 2.01 bits per heavy atom. The van der Waals surface area contributed by atoms with Crippen molar-refractivity contribution in [2.75, 3.05) is 26.4 Å². The average molecular weight is 969 g/mol. The van der Waals surface area contributed by atoms with Gasteiger partial charge in [0.1, 0.15) is 72.7 Å². The van der Waals surface area contributed by atoms with Crippen LogP contribution in [0.15, 0.2) is 22.8 Å². The van der Waals surface area contributed by atoms with Crippen molar-refractivity contribution in [3.8, 4) is 0 Å². The number of hydrogen-bond donors (Lipinski definition) is 12. The summed E-state index contributed by atoms with van der Waals surface area (Å²) in [5, 5.41) is 144. The van der Waals surface area contributed by atoms with Crippen molar-refractivity contribution < 1.29 is 129 Å². The maximum atomic E-state index is 13.7. The molecule has 21 heteroatoms. The summed E-state index contributed by atoms with van der Waals surface area (Å²) in [6.07, 6.45) is -19.9. The van der Waals surface area contributed by atoms with Crippen LogP contribution in [0.2, 0.25) is 0 Å². The van der Waals surface area contributed by atoms with E-state index in [0.717, 1.165) is 16.7 Å². The Bertz CT molecular complexity index is 1780. The Balaban J connectivity index is 0.00000741. The van der Waals surface area contributed by atoms with Crippen molar-refractivity contribution in [3.05, 3.63) is 22.8 Å². The minimum Gasteiger partial charge on any atom is -0.549 e. The third-order valence-corrected chi connectivity index (χ3v) is 17.2. The first-order chi connectivity index (χ1) is 31.1. The minimum atomic E-state index is -1.97. The predicted octanol–water partition coefficient (Wildman–Crippen LogP) is -6.01. The summed E-state index contributed by atoms with van der Waals surface area (Å²) in [5.74, 6) is -2.07. The molecular formula is C46H73NaO20. The molecule has 378 valence electrons. The van der Waals surface area contributed by atoms with Gasteiger partial charge in [0.2, 0.25) is 0 Å². The first-order valence-corrected chi connectivity index (χ1v) is 23.5. The molecule has 0 aromatic carbocycles. The van der Waals surface area contributed by atoms with E-state index >= 15 is 0 Å². The Labute approximate surface area is 412 Å². The number of carboxylic acid groups (broad SMARTS) is 1. The molecule has 12 N–H and O–H groups in total. The van der Waals surface area contributed by atoms with E-state index in [9.17, 15) is 71.2 Å². The molecular weight excluding hydrogens is 895 g/mol. The van der Waals surface area contributed by atoms with Gasteiger partial charge in [0.15, 0.2) is 18.9 Å². The third-order valence-electron chi connectivity index (χ3n) is 17.2. The zero-order chi connectivity index (χ0) is 48.4. The number of carboxylic acids is 1. The van der Waals surface area contributed by atoms with Crippen LogP contribution < -0.4 is 34.7 Å². The van der Waals surface area contributed by atoms with E-state index in [-0.39, 0.29) is 54.2 Å². The Morgan fingerprint density at radius 2 is 1.40 bits per heavy atom. The first-order valence-electron chi connectivity index (χ1n) is 23.5. The second-order valence-corrected chi connectivity index (χ2v) is 20.8. The van der Waals surface area contributed by atoms with Crippen LogP contribution in [0.4, 0.5) is 0 Å². The Hall–Kier alpha value is -0.770. The molecule has 7 aliphatic rings. The number of aliphatic hydroxyl groups excluding tert-OH is 11. The van der Waals surface area contributed by atoms with Crippen molar-refractivity contribution in [2.24, 2.45) is 34.0 Å². The van der Waals surface area contributed by atoms with Gasteiger partial charge in [-0.05, 0) is 94.3 Å². The fourth-order valence-electron chi connectivity index (χ4n) is 13.3. The molecule has 0 aromatic rings. The van der Waals surface area contributed by atoms with Gasteiger partial charge in [0.05, 0.1) is 44.6 Å². The van der Waals surface area contributed by atoms with Crippen LogP contribution in [0.25, 0.3) is 0 Å². The monoisotopic (exact) mass is 968 g/mol. The molecule has 3 heterocycles. The topological polar surface area (TPSA) is 338 Å². The van der Waals surface area contributed by atoms with E-state index in [1.807, 2.05) is 40.7 Å². The Kier molecular flexibility index (Phi) is 17.7. The van der Waals surface area contributed by atoms with Gasteiger partial charge < -0.3 is 99.6 Å². The largest absolute Gasteiger partial charge is 1.00 e. The average Bonchev–Trinajstić information content (AvgIpc) is 3.62. The van der Waals surface area contributed by atoms with Gasteiger partial charge >= 0.3 is 29.6 Å². The van der Waals surface area contributed by atoms with Crippen LogP contribution in [0, 0.1) is 34.0 Å². The summed E-state index contributed by atoms with van der Waals surface area (Å²) < 4.78 is 34.9. The fourth-order valence-corrected chi connectivity index (χ4v) is 13.3. The van der Waals surface area contributed by atoms with Crippen molar-refractivity contribution >= 4 is 5.97 Å². The van der Waals surface area contributed by atoms with Gasteiger partial charge in [-0.1, -0.05) is 43.6 Å². The van der Waals surface area contributed by atoms with Gasteiger partial charge in [-0.2, -0.15) is 0 Å². The SMILES string of the molecule is CC(C)=CC[C@H](O)[C@@H](C)[C@H]1CC[C@@]2(C(=O)[O-])C3=C(CC[C@]12C)[C@@]1(C)CC[C@H](O[C@@H]2O[C@H](CO)[C@H](O)[C@H](O)[C@H]2O[C@H]2OC[C@H](O[C@@H]4O[C@H](CO)[C@H](O)[C@H](O)[C@H]4O)[C@H](O)[C@H]2O)[C@@](O)(CO)[C@@H]1CC3.[Na+]. The number of carbonyl (C=O) groups is 1. The standard InChI is InChI=1S/C46H74O20.Na/c1-20(2)6-8-25(50)21(3)22-11-15-45(42(58)59)24-7-9-29-43(4,23(24)10-14-44(22,45)5)13-12-30(46(29,60)19-49)65-41-38(35(55)32(52)27(17-48)63-41)66-39-36(56)33(53)28(18-61-39)64-40-37(57)34(54)31(51)26(16-47)62-40;/h6,21-22,25-41,47-57,60H,7-19H2,1-5H3,(H,58,59);/q;+1/p-1/t21-,22+,25-,26+,27+,28-,29+,30-,31-,32-,33-,34-,35-,36+,37+,38+,39+,40-,41-,43+,44+,45-,46+;/m0./s1. The molecule has 0 bridgehead atoms. The van der Waals surface area contributed by atoms with E-state index in [4.69, 9.17) is 28.4 Å². The number of aliphatic carboxylic acids is 1. The van der Waals surface area contributed by atoms with E-state index in [1.54, 1.807) is 0 Å². The van der Waals surface area contributed by atoms with Crippen molar-refractivity contribution in [1.29, 1.82) is 0 Å². The number of carbonyl (C=O) groups excluding carboxylic acids is 1.